The van der Waals surface area contributed by atoms with Crippen LogP contribution in [0.15, 0.2) is 15.6 Å². The average molecular weight is 207 g/mol. The summed E-state index contributed by atoms with van der Waals surface area (Å²) < 4.78 is 5.39. The highest BCUT2D eigenvalue weighted by Crippen LogP contribution is 2.36. The summed E-state index contributed by atoms with van der Waals surface area (Å²) in [4.78, 5) is 6.45. The topological polar surface area (TPSA) is 41.6 Å². The molecule has 0 spiro atoms. The van der Waals surface area contributed by atoms with E-state index in [0.29, 0.717) is 0 Å². The lowest BCUT2D eigenvalue weighted by Crippen LogP contribution is -2.39. The minimum atomic E-state index is -0.171. The van der Waals surface area contributed by atoms with Gasteiger partial charge in [-0.1, -0.05) is 5.16 Å². The zero-order chi connectivity index (χ0) is 10.9. The van der Waals surface area contributed by atoms with E-state index in [0.717, 1.165) is 24.4 Å². The Morgan fingerprint density at radius 3 is 2.93 bits per heavy atom. The minimum absolute atomic E-state index is 0.171. The molecule has 4 heteroatoms. The fourth-order valence-electron chi connectivity index (χ4n) is 2.30. The maximum atomic E-state index is 5.39. The summed E-state index contributed by atoms with van der Waals surface area (Å²) in [7, 11) is 3.91. The molecule has 0 unspecified atom stereocenters. The Hall–Kier alpha value is -1.16. The molecule has 2 rings (SSSR count). The van der Waals surface area contributed by atoms with Crippen molar-refractivity contribution in [2.24, 2.45) is 4.99 Å². The minimum Gasteiger partial charge on any atom is -0.359 e. The Bertz CT molecular complexity index is 372. The number of hydrogen-bond acceptors (Lipinski definition) is 4. The molecule has 1 aromatic rings. The van der Waals surface area contributed by atoms with Crippen LogP contribution >= 0.6 is 0 Å². The van der Waals surface area contributed by atoms with Crippen LogP contribution in [0.25, 0.3) is 0 Å². The number of aryl methyl sites for hydroxylation is 1. The molecule has 1 saturated heterocycles. The fraction of sp³-hybridized carbons (Fsp3) is 0.636. The molecule has 0 saturated carbocycles. The van der Waals surface area contributed by atoms with E-state index in [1.807, 2.05) is 19.2 Å². The SMILES string of the molecule is CN=C[C@@]1(c2cc(C)no2)CCCN1C. The smallest absolute Gasteiger partial charge is 0.162 e. The van der Waals surface area contributed by atoms with Gasteiger partial charge in [-0.3, -0.25) is 9.89 Å². The molecule has 1 fully saturated rings. The summed E-state index contributed by atoms with van der Waals surface area (Å²) in [6.07, 6.45) is 4.19. The lowest BCUT2D eigenvalue weighted by atomic mass is 9.94. The van der Waals surface area contributed by atoms with Gasteiger partial charge in [0.15, 0.2) is 5.76 Å². The second-order valence-corrected chi connectivity index (χ2v) is 4.17. The largest absolute Gasteiger partial charge is 0.359 e. The molecular formula is C11H17N3O. The van der Waals surface area contributed by atoms with Crippen LogP contribution in [0.2, 0.25) is 0 Å². The number of hydrogen-bond donors (Lipinski definition) is 0. The average Bonchev–Trinajstić information content (AvgIpc) is 2.76. The first-order valence-electron chi connectivity index (χ1n) is 5.27. The first-order chi connectivity index (χ1) is 7.19. The third-order valence-electron chi connectivity index (χ3n) is 3.13. The van der Waals surface area contributed by atoms with Gasteiger partial charge in [-0.25, -0.2) is 0 Å². The van der Waals surface area contributed by atoms with E-state index in [4.69, 9.17) is 4.52 Å². The van der Waals surface area contributed by atoms with E-state index >= 15 is 0 Å². The predicted molar refractivity (Wildman–Crippen MR) is 59.2 cm³/mol. The Kier molecular flexibility index (Phi) is 2.61. The maximum Gasteiger partial charge on any atom is 0.162 e. The molecule has 0 bridgehead atoms. The Labute approximate surface area is 90.0 Å². The van der Waals surface area contributed by atoms with Gasteiger partial charge >= 0.3 is 0 Å². The first kappa shape index (κ1) is 10.4. The van der Waals surface area contributed by atoms with Crippen molar-refractivity contribution >= 4 is 6.21 Å². The summed E-state index contributed by atoms with van der Waals surface area (Å²) in [5.74, 6) is 0.908. The molecular weight excluding hydrogens is 190 g/mol. The van der Waals surface area contributed by atoms with E-state index in [-0.39, 0.29) is 5.54 Å². The zero-order valence-electron chi connectivity index (χ0n) is 9.53. The van der Waals surface area contributed by atoms with Gasteiger partial charge in [0.1, 0.15) is 5.54 Å². The molecule has 0 radical (unpaired) electrons. The van der Waals surface area contributed by atoms with E-state index in [9.17, 15) is 0 Å². The van der Waals surface area contributed by atoms with Crippen molar-refractivity contribution in [1.82, 2.24) is 10.1 Å². The lowest BCUT2D eigenvalue weighted by molar-refractivity contribution is 0.203. The summed E-state index contributed by atoms with van der Waals surface area (Å²) in [6, 6.07) is 2.00. The molecule has 15 heavy (non-hydrogen) atoms. The van der Waals surface area contributed by atoms with Crippen LogP contribution in [-0.4, -0.2) is 36.9 Å². The molecule has 0 aromatic carbocycles. The Balaban J connectivity index is 2.42. The van der Waals surface area contributed by atoms with E-state index in [2.05, 4.69) is 22.1 Å². The maximum absolute atomic E-state index is 5.39. The number of aromatic nitrogens is 1. The number of likely N-dealkylation sites (tertiary alicyclic amines) is 1. The molecule has 0 amide bonds. The van der Waals surface area contributed by atoms with Gasteiger partial charge in [0, 0.05) is 19.3 Å². The van der Waals surface area contributed by atoms with Gasteiger partial charge in [-0.2, -0.15) is 0 Å². The molecule has 82 valence electrons. The summed E-state index contributed by atoms with van der Waals surface area (Å²) in [5.41, 5.74) is 0.755. The van der Waals surface area contributed by atoms with Crippen LogP contribution in [0.1, 0.15) is 24.3 Å². The van der Waals surface area contributed by atoms with Gasteiger partial charge in [-0.15, -0.1) is 0 Å². The van der Waals surface area contributed by atoms with Gasteiger partial charge < -0.3 is 4.52 Å². The Morgan fingerprint density at radius 1 is 1.67 bits per heavy atom. The van der Waals surface area contributed by atoms with Crippen molar-refractivity contribution in [2.45, 2.75) is 25.3 Å². The van der Waals surface area contributed by atoms with Gasteiger partial charge in [0.25, 0.3) is 0 Å². The normalized spacial score (nSPS) is 27.9. The van der Waals surface area contributed by atoms with Gasteiger partial charge in [0.2, 0.25) is 0 Å². The highest BCUT2D eigenvalue weighted by molar-refractivity contribution is 5.72. The van der Waals surface area contributed by atoms with Crippen molar-refractivity contribution in [3.8, 4) is 0 Å². The summed E-state index contributed by atoms with van der Waals surface area (Å²) in [6.45, 7) is 3.02. The van der Waals surface area contributed by atoms with E-state index in [1.54, 1.807) is 7.05 Å². The second kappa shape index (κ2) is 3.77. The van der Waals surface area contributed by atoms with Crippen LogP contribution in [0.4, 0.5) is 0 Å². The van der Waals surface area contributed by atoms with Gasteiger partial charge in [0.05, 0.1) is 5.69 Å². The van der Waals surface area contributed by atoms with Crippen LogP contribution in [0.5, 0.6) is 0 Å². The van der Waals surface area contributed by atoms with Crippen LogP contribution in [-0.2, 0) is 5.54 Å². The molecule has 1 aliphatic rings. The summed E-state index contributed by atoms with van der Waals surface area (Å²) >= 11 is 0. The van der Waals surface area contributed by atoms with Crippen molar-refractivity contribution in [1.29, 1.82) is 0 Å². The Morgan fingerprint density at radius 2 is 2.47 bits per heavy atom. The molecule has 2 heterocycles. The number of nitrogens with zero attached hydrogens (tertiary/aromatic N) is 3. The number of rotatable bonds is 2. The summed E-state index contributed by atoms with van der Waals surface area (Å²) in [5, 5.41) is 3.96. The van der Waals surface area contributed by atoms with E-state index in [1.165, 1.54) is 6.42 Å². The molecule has 0 N–H and O–H groups in total. The highest BCUT2D eigenvalue weighted by Gasteiger charge is 2.42. The van der Waals surface area contributed by atoms with Crippen molar-refractivity contribution in [3.05, 3.63) is 17.5 Å². The van der Waals surface area contributed by atoms with Crippen molar-refractivity contribution in [3.63, 3.8) is 0 Å². The lowest BCUT2D eigenvalue weighted by Gasteiger charge is -2.29. The van der Waals surface area contributed by atoms with Crippen LogP contribution in [0.3, 0.4) is 0 Å². The first-order valence-corrected chi connectivity index (χ1v) is 5.27. The second-order valence-electron chi connectivity index (χ2n) is 4.17. The fourth-order valence-corrected chi connectivity index (χ4v) is 2.30. The monoisotopic (exact) mass is 207 g/mol. The third-order valence-corrected chi connectivity index (χ3v) is 3.13. The van der Waals surface area contributed by atoms with Crippen LogP contribution < -0.4 is 0 Å². The zero-order valence-corrected chi connectivity index (χ0v) is 9.53. The van der Waals surface area contributed by atoms with E-state index < -0.39 is 0 Å². The molecule has 0 aliphatic carbocycles. The third kappa shape index (κ3) is 1.59. The van der Waals surface area contributed by atoms with Crippen LogP contribution in [0, 0.1) is 6.92 Å². The predicted octanol–water partition coefficient (Wildman–Crippen LogP) is 1.60. The molecule has 1 aliphatic heterocycles. The highest BCUT2D eigenvalue weighted by atomic mass is 16.5. The van der Waals surface area contributed by atoms with Crippen molar-refractivity contribution < 1.29 is 4.52 Å². The van der Waals surface area contributed by atoms with Gasteiger partial charge in [-0.05, 0) is 33.4 Å². The quantitative estimate of drug-likeness (QED) is 0.692. The molecule has 1 atom stereocenters. The molecule has 4 nitrogen and oxygen atoms in total. The standard InChI is InChI=1S/C11H17N3O/c1-9-7-10(15-13-9)11(8-12-2)5-4-6-14(11)3/h7-8H,4-6H2,1-3H3/t11-/m1/s1. The molecule has 1 aromatic heterocycles. The number of aliphatic imine (C=N–C) groups is 1. The van der Waals surface area contributed by atoms with Crippen molar-refractivity contribution in [2.75, 3.05) is 20.6 Å².